The Kier molecular flexibility index (Phi) is 8.66. The molecule has 0 fully saturated rings. The minimum atomic E-state index is -0.685. The maximum Gasteiger partial charge on any atom is 0.282 e. The van der Waals surface area contributed by atoms with Crippen LogP contribution < -0.4 is 20.5 Å². The minimum Gasteiger partial charge on any atom is -0.493 e. The fraction of sp³-hybridized carbons (Fsp3) is 0.300. The van der Waals surface area contributed by atoms with Crippen molar-refractivity contribution in [2.45, 2.75) is 20.1 Å². The number of benzene rings is 1. The van der Waals surface area contributed by atoms with Crippen molar-refractivity contribution in [3.63, 3.8) is 0 Å². The predicted molar refractivity (Wildman–Crippen MR) is 121 cm³/mol. The van der Waals surface area contributed by atoms with E-state index in [1.54, 1.807) is 6.92 Å². The first kappa shape index (κ1) is 25.5. The Hall–Kier alpha value is -3.76. The Bertz CT molecular complexity index is 1220. The smallest absolute Gasteiger partial charge is 0.282 e. The molecule has 174 valence electrons. The van der Waals surface area contributed by atoms with E-state index in [9.17, 15) is 25.0 Å². The monoisotopic (exact) mass is 521 g/mol. The third kappa shape index (κ3) is 5.54. The van der Waals surface area contributed by atoms with Crippen LogP contribution in [0.1, 0.15) is 22.4 Å². The molecule has 33 heavy (non-hydrogen) atoms. The van der Waals surface area contributed by atoms with Gasteiger partial charge in [-0.3, -0.25) is 19.7 Å². The third-order valence-corrected chi connectivity index (χ3v) is 5.63. The molecule has 0 saturated carbocycles. The van der Waals surface area contributed by atoms with E-state index in [1.165, 1.54) is 33.5 Å². The molecule has 0 aliphatic heterocycles. The molecule has 0 saturated heterocycles. The molecule has 0 aliphatic carbocycles. The van der Waals surface area contributed by atoms with Crippen LogP contribution in [0.5, 0.6) is 11.5 Å². The maximum absolute atomic E-state index is 12.7. The highest BCUT2D eigenvalue weighted by molar-refractivity contribution is 9.10. The maximum atomic E-state index is 12.7. The van der Waals surface area contributed by atoms with Crippen LogP contribution in [0.3, 0.4) is 0 Å². The third-order valence-electron chi connectivity index (χ3n) is 4.57. The summed E-state index contributed by atoms with van der Waals surface area (Å²) in [7, 11) is 4.15. The van der Waals surface area contributed by atoms with E-state index >= 15 is 0 Å². The van der Waals surface area contributed by atoms with E-state index in [2.05, 4.69) is 26.5 Å². The van der Waals surface area contributed by atoms with Crippen molar-refractivity contribution in [1.82, 2.24) is 9.99 Å². The van der Waals surface area contributed by atoms with Crippen molar-refractivity contribution in [1.29, 1.82) is 5.26 Å². The number of nitrogens with one attached hydrogen (secondary N) is 1. The topological polar surface area (TPSA) is 158 Å². The highest BCUT2D eigenvalue weighted by atomic mass is 79.9. The Balaban J connectivity index is 2.30. The van der Waals surface area contributed by atoms with Gasteiger partial charge in [-0.2, -0.15) is 10.4 Å². The van der Waals surface area contributed by atoms with Crippen molar-refractivity contribution < 1.29 is 23.9 Å². The first-order valence-electron chi connectivity index (χ1n) is 9.23. The van der Waals surface area contributed by atoms with Crippen molar-refractivity contribution in [3.05, 3.63) is 59.5 Å². The lowest BCUT2D eigenvalue weighted by Crippen LogP contribution is -2.33. The van der Waals surface area contributed by atoms with Crippen LogP contribution in [0.15, 0.2) is 26.5 Å². The Morgan fingerprint density at radius 1 is 1.33 bits per heavy atom. The van der Waals surface area contributed by atoms with Gasteiger partial charge in [0.1, 0.15) is 18.2 Å². The standard InChI is InChI=1S/C20H20BrN5O7/c1-11-19(21)14(10-31-2)13(7-22)20(28)25(11)9-18(27)24-23-8-12-5-16(32-3)17(33-4)6-15(12)26(29)30/h5-6,8H,9-10H2,1-4H3,(H,24,27)/b23-8-. The fourth-order valence-corrected chi connectivity index (χ4v) is 3.47. The lowest BCUT2D eigenvalue weighted by molar-refractivity contribution is -0.385. The summed E-state index contributed by atoms with van der Waals surface area (Å²) in [6, 6.07) is 4.35. The number of hydrogen-bond donors (Lipinski definition) is 1. The van der Waals surface area contributed by atoms with Gasteiger partial charge in [-0.1, -0.05) is 0 Å². The van der Waals surface area contributed by atoms with E-state index in [0.717, 1.165) is 10.8 Å². The molecule has 0 aliphatic rings. The Morgan fingerprint density at radius 3 is 2.52 bits per heavy atom. The number of ether oxygens (including phenoxy) is 3. The quantitative estimate of drug-likeness (QED) is 0.298. The van der Waals surface area contributed by atoms with E-state index in [1.807, 2.05) is 6.07 Å². The molecule has 1 amide bonds. The number of carbonyl (C=O) groups is 1. The molecule has 1 N–H and O–H groups in total. The van der Waals surface area contributed by atoms with Gasteiger partial charge in [-0.25, -0.2) is 5.43 Å². The predicted octanol–water partition coefficient (Wildman–Crippen LogP) is 2.01. The number of halogens is 1. The zero-order valence-corrected chi connectivity index (χ0v) is 19.8. The largest absolute Gasteiger partial charge is 0.493 e. The lowest BCUT2D eigenvalue weighted by Gasteiger charge is -2.15. The summed E-state index contributed by atoms with van der Waals surface area (Å²) >= 11 is 3.34. The van der Waals surface area contributed by atoms with Gasteiger partial charge in [0, 0.05) is 22.8 Å². The number of nitrogens with zero attached hydrogens (tertiary/aromatic N) is 4. The molecule has 2 aromatic rings. The molecule has 13 heteroatoms. The molecule has 0 bridgehead atoms. The second kappa shape index (κ2) is 11.2. The van der Waals surface area contributed by atoms with Crippen LogP contribution in [0, 0.1) is 28.4 Å². The van der Waals surface area contributed by atoms with Crippen LogP contribution in [0.25, 0.3) is 0 Å². The number of aromatic nitrogens is 1. The van der Waals surface area contributed by atoms with Gasteiger partial charge in [-0.15, -0.1) is 0 Å². The van der Waals surface area contributed by atoms with E-state index in [0.29, 0.717) is 15.7 Å². The molecule has 1 aromatic carbocycles. The molecule has 0 unspecified atom stereocenters. The second-order valence-corrected chi connectivity index (χ2v) is 7.30. The van der Waals surface area contributed by atoms with Crippen LogP contribution in [0.2, 0.25) is 0 Å². The number of amides is 1. The minimum absolute atomic E-state index is 0.0426. The van der Waals surface area contributed by atoms with Crippen LogP contribution >= 0.6 is 15.9 Å². The van der Waals surface area contributed by atoms with Crippen molar-refractivity contribution in [3.8, 4) is 17.6 Å². The first-order chi connectivity index (χ1) is 15.7. The van der Waals surface area contributed by atoms with Gasteiger partial charge < -0.3 is 18.8 Å². The zero-order valence-electron chi connectivity index (χ0n) is 18.2. The summed E-state index contributed by atoms with van der Waals surface area (Å²) in [6.45, 7) is 1.22. The number of nitriles is 1. The number of nitro benzene ring substituents is 1. The molecule has 0 atom stereocenters. The molecular formula is C20H20BrN5O7. The molecule has 0 spiro atoms. The van der Waals surface area contributed by atoms with E-state index in [-0.39, 0.29) is 34.9 Å². The molecular weight excluding hydrogens is 502 g/mol. The molecule has 1 heterocycles. The number of rotatable bonds is 9. The SMILES string of the molecule is COCc1c(Br)c(C)n(CC(=O)N/N=C\c2cc(OC)c(OC)cc2[N+](=O)[O-])c(=O)c1C#N. The Labute approximate surface area is 196 Å². The summed E-state index contributed by atoms with van der Waals surface area (Å²) in [6.07, 6.45) is 1.08. The number of hydrogen-bond acceptors (Lipinski definition) is 9. The summed E-state index contributed by atoms with van der Waals surface area (Å²) < 4.78 is 16.8. The number of carbonyl (C=O) groups excluding carboxylic acids is 1. The van der Waals surface area contributed by atoms with Gasteiger partial charge in [0.05, 0.1) is 43.6 Å². The molecule has 0 radical (unpaired) electrons. The van der Waals surface area contributed by atoms with Crippen LogP contribution in [0.4, 0.5) is 5.69 Å². The van der Waals surface area contributed by atoms with Gasteiger partial charge in [0.25, 0.3) is 17.2 Å². The van der Waals surface area contributed by atoms with Crippen LogP contribution in [-0.4, -0.2) is 42.9 Å². The second-order valence-electron chi connectivity index (χ2n) is 6.51. The lowest BCUT2D eigenvalue weighted by atomic mass is 10.1. The van der Waals surface area contributed by atoms with Gasteiger partial charge in [0.15, 0.2) is 11.5 Å². The number of hydrazone groups is 1. The summed E-state index contributed by atoms with van der Waals surface area (Å²) in [5.74, 6) is -0.283. The molecule has 12 nitrogen and oxygen atoms in total. The highest BCUT2D eigenvalue weighted by Gasteiger charge is 2.20. The first-order valence-corrected chi connectivity index (χ1v) is 10.0. The summed E-state index contributed by atoms with van der Waals surface area (Å²) in [4.78, 5) is 35.8. The van der Waals surface area contributed by atoms with Crippen molar-refractivity contribution in [2.75, 3.05) is 21.3 Å². The van der Waals surface area contributed by atoms with E-state index < -0.39 is 22.9 Å². The van der Waals surface area contributed by atoms with Crippen molar-refractivity contribution in [2.24, 2.45) is 5.10 Å². The number of pyridine rings is 1. The summed E-state index contributed by atoms with van der Waals surface area (Å²) in [5, 5.41) is 24.5. The molecule has 1 aromatic heterocycles. The van der Waals surface area contributed by atoms with E-state index in [4.69, 9.17) is 14.2 Å². The van der Waals surface area contributed by atoms with Crippen LogP contribution in [-0.2, 0) is 22.7 Å². The fourth-order valence-electron chi connectivity index (χ4n) is 2.95. The highest BCUT2D eigenvalue weighted by Crippen LogP contribution is 2.33. The average Bonchev–Trinajstić information content (AvgIpc) is 2.79. The Morgan fingerprint density at radius 2 is 1.97 bits per heavy atom. The molecule has 2 rings (SSSR count). The normalized spacial score (nSPS) is 10.7. The van der Waals surface area contributed by atoms with Gasteiger partial charge in [-0.05, 0) is 28.9 Å². The van der Waals surface area contributed by atoms with Gasteiger partial charge in [0.2, 0.25) is 0 Å². The zero-order chi connectivity index (χ0) is 24.7. The van der Waals surface area contributed by atoms with Gasteiger partial charge >= 0.3 is 0 Å². The summed E-state index contributed by atoms with van der Waals surface area (Å²) in [5.41, 5.74) is 1.97. The number of nitro groups is 1. The van der Waals surface area contributed by atoms with Crippen molar-refractivity contribution >= 4 is 33.7 Å². The average molecular weight is 522 g/mol. The number of methoxy groups -OCH3 is 3.